The van der Waals surface area contributed by atoms with Gasteiger partial charge in [0.05, 0.1) is 5.69 Å². The first kappa shape index (κ1) is 15.7. The molecule has 0 fully saturated rings. The second-order valence-corrected chi connectivity index (χ2v) is 6.62. The number of rotatable bonds is 5. The average molecular weight is 329 g/mol. The summed E-state index contributed by atoms with van der Waals surface area (Å²) >= 11 is 1.46. The Morgan fingerprint density at radius 2 is 2.09 bits per heavy atom. The summed E-state index contributed by atoms with van der Waals surface area (Å²) in [4.78, 5) is 17.3. The van der Waals surface area contributed by atoms with E-state index in [-0.39, 0.29) is 12.2 Å². The fourth-order valence-corrected chi connectivity index (χ4v) is 3.32. The third-order valence-corrected chi connectivity index (χ3v) is 4.49. The van der Waals surface area contributed by atoms with Gasteiger partial charge in [-0.3, -0.25) is 4.79 Å². The quantitative estimate of drug-likeness (QED) is 0.721. The van der Waals surface area contributed by atoms with Crippen LogP contribution < -0.4 is 10.3 Å². The zero-order valence-electron chi connectivity index (χ0n) is 13.5. The largest absolute Gasteiger partial charge is 0.487 e. The molecule has 0 aliphatic carbocycles. The molecule has 23 heavy (non-hydrogen) atoms. The summed E-state index contributed by atoms with van der Waals surface area (Å²) in [6.45, 7) is 6.39. The minimum atomic E-state index is -0.159. The molecular formula is C17H19N3O2S. The molecule has 6 heteroatoms. The van der Waals surface area contributed by atoms with E-state index in [1.165, 1.54) is 21.9 Å². The first-order valence-electron chi connectivity index (χ1n) is 7.65. The van der Waals surface area contributed by atoms with Gasteiger partial charge in [0, 0.05) is 12.5 Å². The number of hydrogen-bond donors (Lipinski definition) is 0. The van der Waals surface area contributed by atoms with Gasteiger partial charge >= 0.3 is 0 Å². The van der Waals surface area contributed by atoms with E-state index in [0.29, 0.717) is 10.7 Å². The zero-order chi connectivity index (χ0) is 16.4. The van der Waals surface area contributed by atoms with Crippen molar-refractivity contribution in [3.05, 3.63) is 56.4 Å². The number of ether oxygens (including phenoxy) is 1. The Kier molecular flexibility index (Phi) is 4.43. The summed E-state index contributed by atoms with van der Waals surface area (Å²) in [6.07, 6.45) is 1.86. The molecule has 0 N–H and O–H groups in total. The monoisotopic (exact) mass is 329 g/mol. The fraction of sp³-hybridized carbons (Fsp3) is 0.353. The van der Waals surface area contributed by atoms with Gasteiger partial charge in [-0.05, 0) is 37.5 Å². The van der Waals surface area contributed by atoms with Gasteiger partial charge in [-0.15, -0.1) is 0 Å². The molecule has 0 saturated heterocycles. The Labute approximate surface area is 138 Å². The van der Waals surface area contributed by atoms with E-state index in [0.717, 1.165) is 34.7 Å². The van der Waals surface area contributed by atoms with Gasteiger partial charge < -0.3 is 4.74 Å². The molecule has 2 heterocycles. The average Bonchev–Trinajstić information content (AvgIpc) is 2.92. The van der Waals surface area contributed by atoms with Crippen molar-refractivity contribution in [3.63, 3.8) is 0 Å². The SMILES string of the molecule is CCCc1nn2c(=O)cc(COc3cc(C)ccc3C)nc2s1. The van der Waals surface area contributed by atoms with Crippen molar-refractivity contribution in [2.24, 2.45) is 0 Å². The summed E-state index contributed by atoms with van der Waals surface area (Å²) in [7, 11) is 0. The van der Waals surface area contributed by atoms with Crippen molar-refractivity contribution in [2.45, 2.75) is 40.2 Å². The van der Waals surface area contributed by atoms with Crippen LogP contribution in [0, 0.1) is 13.8 Å². The molecule has 3 aromatic rings. The lowest BCUT2D eigenvalue weighted by atomic mass is 10.1. The molecule has 2 aromatic heterocycles. The number of benzene rings is 1. The molecule has 0 unspecified atom stereocenters. The Hall–Kier alpha value is -2.21. The topological polar surface area (TPSA) is 56.5 Å². The number of nitrogens with zero attached hydrogens (tertiary/aromatic N) is 3. The maximum atomic E-state index is 12.2. The lowest BCUT2D eigenvalue weighted by molar-refractivity contribution is 0.299. The highest BCUT2D eigenvalue weighted by Gasteiger charge is 2.09. The van der Waals surface area contributed by atoms with Crippen LogP contribution in [0.4, 0.5) is 0 Å². The van der Waals surface area contributed by atoms with Crippen LogP contribution in [0.3, 0.4) is 0 Å². The standard InChI is InChI=1S/C17H19N3O2S/c1-4-5-15-19-20-16(21)9-13(18-17(20)23-15)10-22-14-8-11(2)6-7-12(14)3/h6-9H,4-5,10H2,1-3H3. The number of aryl methyl sites for hydroxylation is 3. The molecule has 0 bridgehead atoms. The Morgan fingerprint density at radius 1 is 1.26 bits per heavy atom. The summed E-state index contributed by atoms with van der Waals surface area (Å²) < 4.78 is 7.21. The highest BCUT2D eigenvalue weighted by atomic mass is 32.1. The second kappa shape index (κ2) is 6.50. The lowest BCUT2D eigenvalue weighted by Crippen LogP contribution is -2.16. The van der Waals surface area contributed by atoms with E-state index < -0.39 is 0 Å². The molecule has 0 spiro atoms. The summed E-state index contributed by atoms with van der Waals surface area (Å²) in [5, 5.41) is 5.24. The molecule has 0 aliphatic rings. The van der Waals surface area contributed by atoms with Crippen molar-refractivity contribution >= 4 is 16.3 Å². The predicted octanol–water partition coefficient (Wildman–Crippen LogP) is 3.30. The van der Waals surface area contributed by atoms with Crippen LogP contribution in [0.15, 0.2) is 29.1 Å². The molecule has 0 amide bonds. The van der Waals surface area contributed by atoms with Crippen LogP contribution in [0.1, 0.15) is 35.2 Å². The third-order valence-electron chi connectivity index (χ3n) is 3.52. The van der Waals surface area contributed by atoms with Gasteiger partial charge in [0.1, 0.15) is 17.4 Å². The molecule has 0 radical (unpaired) electrons. The summed E-state index contributed by atoms with van der Waals surface area (Å²) in [5.74, 6) is 0.822. The smallest absolute Gasteiger partial charge is 0.275 e. The maximum Gasteiger partial charge on any atom is 0.275 e. The summed E-state index contributed by atoms with van der Waals surface area (Å²) in [5.41, 5.74) is 2.67. The molecule has 0 atom stereocenters. The van der Waals surface area contributed by atoms with Crippen LogP contribution in [0.5, 0.6) is 5.75 Å². The molecule has 0 saturated carbocycles. The predicted molar refractivity (Wildman–Crippen MR) is 91.4 cm³/mol. The van der Waals surface area contributed by atoms with Gasteiger partial charge in [0.15, 0.2) is 0 Å². The van der Waals surface area contributed by atoms with Gasteiger partial charge in [-0.2, -0.15) is 9.61 Å². The van der Waals surface area contributed by atoms with Crippen molar-refractivity contribution in [2.75, 3.05) is 0 Å². The van der Waals surface area contributed by atoms with Crippen molar-refractivity contribution in [1.82, 2.24) is 14.6 Å². The maximum absolute atomic E-state index is 12.2. The van der Waals surface area contributed by atoms with Crippen LogP contribution in [-0.4, -0.2) is 14.6 Å². The van der Waals surface area contributed by atoms with Crippen LogP contribution in [0.25, 0.3) is 4.96 Å². The van der Waals surface area contributed by atoms with E-state index in [9.17, 15) is 4.79 Å². The minimum absolute atomic E-state index is 0.159. The normalized spacial score (nSPS) is 11.1. The molecule has 120 valence electrons. The van der Waals surface area contributed by atoms with Gasteiger partial charge in [-0.1, -0.05) is 30.4 Å². The van der Waals surface area contributed by atoms with E-state index in [1.54, 1.807) is 0 Å². The number of hydrogen-bond acceptors (Lipinski definition) is 5. The Morgan fingerprint density at radius 3 is 2.87 bits per heavy atom. The Bertz CT molecular complexity index is 898. The lowest BCUT2D eigenvalue weighted by Gasteiger charge is -2.09. The van der Waals surface area contributed by atoms with Crippen LogP contribution >= 0.6 is 11.3 Å². The van der Waals surface area contributed by atoms with Crippen LogP contribution in [-0.2, 0) is 13.0 Å². The third kappa shape index (κ3) is 3.42. The first-order valence-corrected chi connectivity index (χ1v) is 8.47. The minimum Gasteiger partial charge on any atom is -0.487 e. The van der Waals surface area contributed by atoms with Gasteiger partial charge in [-0.25, -0.2) is 4.98 Å². The molecule has 3 rings (SSSR count). The number of aromatic nitrogens is 3. The van der Waals surface area contributed by atoms with E-state index >= 15 is 0 Å². The van der Waals surface area contributed by atoms with Gasteiger partial charge in [0.25, 0.3) is 5.56 Å². The van der Waals surface area contributed by atoms with E-state index in [4.69, 9.17) is 4.74 Å². The Balaban J connectivity index is 1.85. The summed E-state index contributed by atoms with van der Waals surface area (Å²) in [6, 6.07) is 7.56. The van der Waals surface area contributed by atoms with E-state index in [2.05, 4.69) is 17.0 Å². The highest BCUT2D eigenvalue weighted by molar-refractivity contribution is 7.16. The zero-order valence-corrected chi connectivity index (χ0v) is 14.3. The van der Waals surface area contributed by atoms with Gasteiger partial charge in [0.2, 0.25) is 4.96 Å². The second-order valence-electron chi connectivity index (χ2n) is 5.58. The van der Waals surface area contributed by atoms with E-state index in [1.807, 2.05) is 32.0 Å². The molecule has 1 aromatic carbocycles. The highest BCUT2D eigenvalue weighted by Crippen LogP contribution is 2.20. The number of fused-ring (bicyclic) bond motifs is 1. The first-order chi connectivity index (χ1) is 11.1. The molecule has 5 nitrogen and oxygen atoms in total. The van der Waals surface area contributed by atoms with Crippen LogP contribution in [0.2, 0.25) is 0 Å². The molecular weight excluding hydrogens is 310 g/mol. The fourth-order valence-electron chi connectivity index (χ4n) is 2.30. The van der Waals surface area contributed by atoms with Crippen molar-refractivity contribution < 1.29 is 4.74 Å². The molecule has 0 aliphatic heterocycles. The van der Waals surface area contributed by atoms with Crippen molar-refractivity contribution in [1.29, 1.82) is 0 Å². The van der Waals surface area contributed by atoms with Crippen molar-refractivity contribution in [3.8, 4) is 5.75 Å².